The van der Waals surface area contributed by atoms with Crippen molar-refractivity contribution in [2.45, 2.75) is 0 Å². The minimum atomic E-state index is 0.642. The van der Waals surface area contributed by atoms with Gasteiger partial charge in [-0.1, -0.05) is 140 Å². The number of aromatic nitrogens is 1. The molecule has 0 radical (unpaired) electrons. The topological polar surface area (TPSA) is 29.3 Å². The van der Waals surface area contributed by atoms with Crippen LogP contribution in [0.15, 0.2) is 211 Å². The van der Waals surface area contributed by atoms with Crippen LogP contribution in [0.2, 0.25) is 0 Å². The predicted molar refractivity (Wildman–Crippen MR) is 225 cm³/mol. The molecule has 0 atom stereocenters. The molecular formula is C51H34N2O. The Hall–Kier alpha value is -7.23. The van der Waals surface area contributed by atoms with Gasteiger partial charge >= 0.3 is 0 Å². The fraction of sp³-hybridized carbons (Fsp3) is 0. The minimum absolute atomic E-state index is 0.642. The van der Waals surface area contributed by atoms with E-state index in [9.17, 15) is 0 Å². The molecule has 0 amide bonds. The fourth-order valence-electron chi connectivity index (χ4n) is 7.55. The van der Waals surface area contributed by atoms with Gasteiger partial charge in [-0.05, 0) is 116 Å². The molecule has 1 heterocycles. The van der Waals surface area contributed by atoms with Crippen LogP contribution in [0.25, 0.3) is 77.5 Å². The monoisotopic (exact) mass is 690 g/mol. The summed E-state index contributed by atoms with van der Waals surface area (Å²) in [6, 6.07) is 73.1. The van der Waals surface area contributed by atoms with E-state index < -0.39 is 0 Å². The number of oxazole rings is 1. The summed E-state index contributed by atoms with van der Waals surface area (Å²) >= 11 is 0. The lowest BCUT2D eigenvalue weighted by molar-refractivity contribution is 0.623. The summed E-state index contributed by atoms with van der Waals surface area (Å²) in [5, 5.41) is 4.60. The Morgan fingerprint density at radius 2 is 0.833 bits per heavy atom. The molecule has 0 aliphatic rings. The molecule has 0 aliphatic heterocycles. The highest BCUT2D eigenvalue weighted by molar-refractivity contribution is 6.15. The first-order valence-corrected chi connectivity index (χ1v) is 18.3. The molecular weight excluding hydrogens is 657 g/mol. The summed E-state index contributed by atoms with van der Waals surface area (Å²) in [4.78, 5) is 7.13. The maximum Gasteiger partial charge on any atom is 0.227 e. The van der Waals surface area contributed by atoms with Gasteiger partial charge in [-0.25, -0.2) is 4.98 Å². The van der Waals surface area contributed by atoms with Crippen molar-refractivity contribution < 1.29 is 4.42 Å². The van der Waals surface area contributed by atoms with Crippen LogP contribution < -0.4 is 4.90 Å². The van der Waals surface area contributed by atoms with E-state index in [-0.39, 0.29) is 0 Å². The molecule has 10 rings (SSSR count). The molecule has 0 fully saturated rings. The molecule has 1 aromatic heterocycles. The van der Waals surface area contributed by atoms with Gasteiger partial charge in [-0.3, -0.25) is 0 Å². The molecule has 0 spiro atoms. The van der Waals surface area contributed by atoms with Gasteiger partial charge in [0.25, 0.3) is 0 Å². The average molecular weight is 691 g/mol. The fourth-order valence-corrected chi connectivity index (χ4v) is 7.55. The van der Waals surface area contributed by atoms with Crippen LogP contribution in [0.5, 0.6) is 0 Å². The zero-order chi connectivity index (χ0) is 35.8. The Balaban J connectivity index is 1.01. The van der Waals surface area contributed by atoms with Crippen LogP contribution in [0.1, 0.15) is 0 Å². The smallest absolute Gasteiger partial charge is 0.227 e. The van der Waals surface area contributed by atoms with Gasteiger partial charge in [0.15, 0.2) is 5.58 Å². The maximum absolute atomic E-state index is 6.34. The lowest BCUT2D eigenvalue weighted by atomic mass is 9.97. The van der Waals surface area contributed by atoms with E-state index in [1.54, 1.807) is 0 Å². The van der Waals surface area contributed by atoms with Crippen molar-refractivity contribution >= 4 is 49.7 Å². The van der Waals surface area contributed by atoms with E-state index in [4.69, 9.17) is 9.40 Å². The predicted octanol–water partition coefficient (Wildman–Crippen LogP) is 14.3. The van der Waals surface area contributed by atoms with Crippen molar-refractivity contribution in [3.8, 4) is 44.8 Å². The van der Waals surface area contributed by atoms with Gasteiger partial charge in [0, 0.05) is 28.0 Å². The second-order valence-electron chi connectivity index (χ2n) is 13.6. The highest BCUT2D eigenvalue weighted by Gasteiger charge is 2.16. The maximum atomic E-state index is 6.34. The van der Waals surface area contributed by atoms with Gasteiger partial charge < -0.3 is 9.32 Å². The third kappa shape index (κ3) is 5.78. The van der Waals surface area contributed by atoms with Crippen molar-refractivity contribution in [1.29, 1.82) is 0 Å². The van der Waals surface area contributed by atoms with Gasteiger partial charge in [0.2, 0.25) is 5.89 Å². The van der Waals surface area contributed by atoms with E-state index >= 15 is 0 Å². The third-order valence-electron chi connectivity index (χ3n) is 10.3. The Kier molecular flexibility index (Phi) is 7.81. The summed E-state index contributed by atoms with van der Waals surface area (Å²) < 4.78 is 6.34. The van der Waals surface area contributed by atoms with E-state index in [0.29, 0.717) is 5.89 Å². The van der Waals surface area contributed by atoms with Crippen LogP contribution in [-0.4, -0.2) is 4.98 Å². The first-order chi connectivity index (χ1) is 26.7. The molecule has 0 N–H and O–H groups in total. The van der Waals surface area contributed by atoms with Gasteiger partial charge in [0.1, 0.15) is 5.52 Å². The Morgan fingerprint density at radius 1 is 0.333 bits per heavy atom. The van der Waals surface area contributed by atoms with Gasteiger partial charge in [0.05, 0.1) is 0 Å². The Labute approximate surface area is 314 Å². The SMILES string of the molecule is c1ccc(-c2ccc(N(c3ccc(-c4ccc5c(ccc6c5ccc5nc(-c7ccccc7)oc56)c4)cc3)c3cccc(-c4ccccc4)c3)cc2)cc1. The largest absolute Gasteiger partial charge is 0.435 e. The van der Waals surface area contributed by atoms with Crippen molar-refractivity contribution in [2.75, 3.05) is 4.90 Å². The van der Waals surface area contributed by atoms with E-state index in [1.165, 1.54) is 38.6 Å². The number of hydrogen-bond acceptors (Lipinski definition) is 3. The highest BCUT2D eigenvalue weighted by atomic mass is 16.3. The molecule has 54 heavy (non-hydrogen) atoms. The van der Waals surface area contributed by atoms with Crippen LogP contribution in [0, 0.1) is 0 Å². The van der Waals surface area contributed by atoms with Crippen molar-refractivity contribution in [2.24, 2.45) is 0 Å². The molecule has 3 heteroatoms. The van der Waals surface area contributed by atoms with Crippen LogP contribution >= 0.6 is 0 Å². The summed E-state index contributed by atoms with van der Waals surface area (Å²) in [7, 11) is 0. The highest BCUT2D eigenvalue weighted by Crippen LogP contribution is 2.40. The van der Waals surface area contributed by atoms with Gasteiger partial charge in [-0.2, -0.15) is 0 Å². The molecule has 0 bridgehead atoms. The molecule has 0 aliphatic carbocycles. The molecule has 0 saturated carbocycles. The summed E-state index contributed by atoms with van der Waals surface area (Å²) in [6.45, 7) is 0. The number of rotatable bonds is 7. The average Bonchev–Trinajstić information content (AvgIpc) is 3.70. The van der Waals surface area contributed by atoms with Crippen LogP contribution in [0.3, 0.4) is 0 Å². The van der Waals surface area contributed by atoms with E-state index in [2.05, 4.69) is 181 Å². The lowest BCUT2D eigenvalue weighted by Crippen LogP contribution is -2.10. The van der Waals surface area contributed by atoms with Crippen LogP contribution in [-0.2, 0) is 0 Å². The number of nitrogens with zero attached hydrogens (tertiary/aromatic N) is 2. The normalized spacial score (nSPS) is 11.3. The second-order valence-corrected chi connectivity index (χ2v) is 13.6. The van der Waals surface area contributed by atoms with E-state index in [0.717, 1.165) is 50.1 Å². The molecule has 254 valence electrons. The number of hydrogen-bond donors (Lipinski definition) is 0. The van der Waals surface area contributed by atoms with Crippen molar-refractivity contribution in [1.82, 2.24) is 4.98 Å². The quantitative estimate of drug-likeness (QED) is 0.156. The summed E-state index contributed by atoms with van der Waals surface area (Å²) in [5.41, 5.74) is 13.1. The molecule has 0 saturated heterocycles. The molecule has 10 aromatic rings. The third-order valence-corrected chi connectivity index (χ3v) is 10.3. The number of anilines is 3. The van der Waals surface area contributed by atoms with Crippen molar-refractivity contribution in [3.05, 3.63) is 206 Å². The first-order valence-electron chi connectivity index (χ1n) is 18.3. The Morgan fingerprint density at radius 3 is 1.50 bits per heavy atom. The van der Waals surface area contributed by atoms with E-state index in [1.807, 2.05) is 30.3 Å². The molecule has 3 nitrogen and oxygen atoms in total. The lowest BCUT2D eigenvalue weighted by Gasteiger charge is -2.26. The standard InChI is InChI=1S/C51H34N2O/c1-4-11-35(12-5-1)37-19-25-43(26-20-37)53(45-18-10-17-40(34-45)36-13-6-2-7-14-36)44-27-21-38(22-28-44)41-23-29-46-42(33-41)24-30-48-47(46)31-32-49-50(48)54-51(52-49)39-15-8-3-9-16-39/h1-34H. The number of benzene rings is 9. The molecule has 9 aromatic carbocycles. The first kappa shape index (κ1) is 31.5. The minimum Gasteiger partial charge on any atom is -0.435 e. The summed E-state index contributed by atoms with van der Waals surface area (Å²) in [6.07, 6.45) is 0. The van der Waals surface area contributed by atoms with Crippen molar-refractivity contribution in [3.63, 3.8) is 0 Å². The Bertz CT molecular complexity index is 2900. The second kappa shape index (κ2) is 13.4. The van der Waals surface area contributed by atoms with Crippen LogP contribution in [0.4, 0.5) is 17.1 Å². The zero-order valence-corrected chi connectivity index (χ0v) is 29.4. The number of fused-ring (bicyclic) bond motifs is 5. The summed E-state index contributed by atoms with van der Waals surface area (Å²) in [5.74, 6) is 0.642. The zero-order valence-electron chi connectivity index (χ0n) is 29.4. The molecule has 0 unspecified atom stereocenters. The van der Waals surface area contributed by atoms with Gasteiger partial charge in [-0.15, -0.1) is 0 Å².